The van der Waals surface area contributed by atoms with Crippen LogP contribution in [0.3, 0.4) is 0 Å². The summed E-state index contributed by atoms with van der Waals surface area (Å²) >= 11 is 4.65. The van der Waals surface area contributed by atoms with E-state index in [4.69, 9.17) is 0 Å². The summed E-state index contributed by atoms with van der Waals surface area (Å²) < 4.78 is 363. The van der Waals surface area contributed by atoms with Crippen LogP contribution in [0.1, 0.15) is 79.1 Å². The second-order valence-electron chi connectivity index (χ2n) is 16.7. The number of quaternary nitrogens is 1. The van der Waals surface area contributed by atoms with Gasteiger partial charge in [0, 0.05) is 54.5 Å². The number of benzene rings is 5. The van der Waals surface area contributed by atoms with Crippen molar-refractivity contribution in [1.29, 1.82) is 0 Å². The number of alkyl halides is 6. The molecule has 5 aromatic rings. The van der Waals surface area contributed by atoms with Crippen molar-refractivity contribution >= 4 is 11.6 Å². The van der Waals surface area contributed by atoms with Gasteiger partial charge in [-0.3, -0.25) is 59.1 Å². The number of nitrogens with zero attached hydrogens (tertiary/aromatic N) is 1. The molecule has 0 saturated heterocycles. The molecule has 4 unspecified atom stereocenters. The first-order valence-electron chi connectivity index (χ1n) is 23.5. The summed E-state index contributed by atoms with van der Waals surface area (Å²) in [6.07, 6.45) is 0.452. The van der Waals surface area contributed by atoms with Crippen molar-refractivity contribution < 1.29 is 178 Å². The van der Waals surface area contributed by atoms with Crippen molar-refractivity contribution in [3.63, 3.8) is 0 Å². The van der Waals surface area contributed by atoms with Crippen LogP contribution in [0.15, 0.2) is 0 Å². The molecule has 0 aliphatic heterocycles. The summed E-state index contributed by atoms with van der Waals surface area (Å²) in [6.45, 7) is 15.0. The monoisotopic (exact) mass is 1670 g/mol. The fourth-order valence-corrected chi connectivity index (χ4v) is 6.31. The molecule has 0 aromatic heterocycles. The van der Waals surface area contributed by atoms with E-state index in [1.807, 2.05) is 0 Å². The zero-order valence-electron chi connectivity index (χ0n) is 43.7. The number of unbranched alkanes of at least 4 members (excludes halogenated alkanes) is 4. The summed E-state index contributed by atoms with van der Waals surface area (Å²) in [4.78, 5) is 0. The topological polar surface area (TPSA) is 0 Å². The zero-order chi connectivity index (χ0) is 65.5. The van der Waals surface area contributed by atoms with Gasteiger partial charge in [0.25, 0.3) is 0 Å². The summed E-state index contributed by atoms with van der Waals surface area (Å²) in [6, 6.07) is 5.12. The predicted octanol–water partition coefficient (Wildman–Crippen LogP) is 18.4. The molecule has 86 heavy (non-hydrogen) atoms. The van der Waals surface area contributed by atoms with Gasteiger partial charge in [0.1, 0.15) is 0 Å². The number of hydrogen-bond donors (Lipinski definition) is 0. The fraction of sp³-hybridized carbons (Fsp3) is 0.404. The van der Waals surface area contributed by atoms with Gasteiger partial charge in [0.2, 0.25) is 5.13 Å². The molecule has 1 nitrogen and oxygen atoms in total. The Morgan fingerprint density at radius 3 is 0.581 bits per heavy atom. The first-order chi connectivity index (χ1) is 38.8. The van der Waals surface area contributed by atoms with Crippen molar-refractivity contribution in [3.05, 3.63) is 182 Å². The second kappa shape index (κ2) is 40.3. The normalized spacial score (nSPS) is 16.7. The van der Waals surface area contributed by atoms with Gasteiger partial charge in [-0.25, -0.2) is 79.0 Å². The van der Waals surface area contributed by atoms with Crippen LogP contribution in [0, 0.1) is 182 Å². The van der Waals surface area contributed by atoms with Crippen molar-refractivity contribution in [3.8, 4) is 0 Å². The summed E-state index contributed by atoms with van der Waals surface area (Å²) in [5.41, 5.74) is 0. The molecule has 1 aliphatic carbocycles. The third-order valence-corrected chi connectivity index (χ3v) is 11.0. The average Bonchev–Trinajstić information content (AvgIpc) is 2.80. The van der Waals surface area contributed by atoms with Crippen LogP contribution < -0.4 is 0 Å². The van der Waals surface area contributed by atoms with E-state index in [2.05, 4.69) is 39.3 Å². The quantitative estimate of drug-likeness (QED) is 0.0292. The van der Waals surface area contributed by atoms with E-state index in [9.17, 15) is 132 Å². The Kier molecular flexibility index (Phi) is 40.2. The van der Waals surface area contributed by atoms with Crippen LogP contribution in [0.2, 0.25) is 0 Å². The van der Waals surface area contributed by atoms with Crippen LogP contribution in [0.4, 0.5) is 132 Å². The molecule has 1 saturated carbocycles. The molecule has 0 N–H and O–H groups in total. The van der Waals surface area contributed by atoms with Gasteiger partial charge in [-0.2, -0.15) is 0 Å². The average molecular weight is 1680 g/mol. The minimum absolute atomic E-state index is 0. The Morgan fingerprint density at radius 2 is 0.453 bits per heavy atom. The van der Waals surface area contributed by atoms with Gasteiger partial charge in [-0.1, -0.05) is 65.0 Å². The molecule has 1 aliphatic rings. The molecule has 6 rings (SSSR count). The Hall–Kier alpha value is -4.37. The summed E-state index contributed by atoms with van der Waals surface area (Å²) in [5, 5.41) is -3.60. The molecular weight excluding hydrogens is 1630 g/mol. The Labute approximate surface area is 505 Å². The first kappa shape index (κ1) is 85.8. The predicted molar refractivity (Wildman–Crippen MR) is 238 cm³/mol. The van der Waals surface area contributed by atoms with Crippen LogP contribution in [0.25, 0.3) is 0 Å². The van der Waals surface area contributed by atoms with Crippen molar-refractivity contribution in [2.24, 2.45) is 0 Å². The minimum Gasteiger partial charge on any atom is -0.324 e. The largest absolute Gasteiger partial charge is 0.324 e. The fourth-order valence-electron chi connectivity index (χ4n) is 6.07. The number of hydrogen-bond acceptors (Lipinski definition) is 0. The summed E-state index contributed by atoms with van der Waals surface area (Å²) in [5.74, 6) is -50.2. The second-order valence-corrected chi connectivity index (χ2v) is 17.3. The third-order valence-electron chi connectivity index (χ3n) is 10.6. The molecule has 5 aromatic carbocycles. The number of rotatable bonds is 12. The maximum Gasteiger partial charge on any atom is 0.245 e. The minimum atomic E-state index is -3.60. The van der Waals surface area contributed by atoms with E-state index in [0.717, 1.165) is 30.3 Å². The van der Waals surface area contributed by atoms with Crippen molar-refractivity contribution in [1.82, 2.24) is 0 Å². The first-order valence-corrected chi connectivity index (χ1v) is 23.9. The van der Waals surface area contributed by atoms with E-state index in [1.165, 1.54) is 82.0 Å². The zero-order valence-corrected chi connectivity index (χ0v) is 49.0. The van der Waals surface area contributed by atoms with Crippen LogP contribution in [-0.4, -0.2) is 60.5 Å². The molecular formula is C52H41ClF30NPt2-5. The molecule has 4 atom stereocenters. The molecule has 34 heteroatoms. The molecule has 0 bridgehead atoms. The van der Waals surface area contributed by atoms with E-state index in [1.54, 1.807) is 0 Å². The Morgan fingerprint density at radius 1 is 0.314 bits per heavy atom. The molecule has 0 spiro atoms. The molecule has 0 heterocycles. The van der Waals surface area contributed by atoms with E-state index in [0.29, 0.717) is 0 Å². The molecule has 0 amide bonds. The Balaban J connectivity index is -0.000000936. The molecule has 0 radical (unpaired) electrons. The van der Waals surface area contributed by atoms with Gasteiger partial charge in [0.15, 0.2) is 12.3 Å². The van der Waals surface area contributed by atoms with Crippen LogP contribution in [-0.2, 0) is 42.1 Å². The Bertz CT molecular complexity index is 2340. The maximum absolute atomic E-state index is 12.7. The molecule has 496 valence electrons. The van der Waals surface area contributed by atoms with Crippen LogP contribution >= 0.6 is 11.6 Å². The number of halogens is 31. The van der Waals surface area contributed by atoms with Gasteiger partial charge in [-0.05, 0) is 25.7 Å². The van der Waals surface area contributed by atoms with Crippen molar-refractivity contribution in [2.45, 2.75) is 109 Å². The standard InChI is InChI=1S/C16H36N.C6H5ClF5.5C6F5.2Pt/c1-5-9-13-17(14-10-6-2,15-11-7-3)16-12-8-4;7-6(12)4(10)2(8)1-3(9)5(6)11;5*7-2-1-3(8)5(10)6(11)4(2)9;;/h5-16H2,1-4H3;1-5H;;;;;;;/q+1;6*-1;;. The molecule has 1 fully saturated rings. The summed E-state index contributed by atoms with van der Waals surface area (Å²) in [7, 11) is 0. The van der Waals surface area contributed by atoms with Crippen molar-refractivity contribution in [2.75, 3.05) is 26.2 Å². The van der Waals surface area contributed by atoms with Gasteiger partial charge >= 0.3 is 0 Å². The maximum atomic E-state index is 12.7. The van der Waals surface area contributed by atoms with Gasteiger partial charge in [0.05, 0.1) is 172 Å². The van der Waals surface area contributed by atoms with Gasteiger partial charge < -0.3 is 4.48 Å². The van der Waals surface area contributed by atoms with E-state index < -0.39 is 175 Å². The third kappa shape index (κ3) is 25.2. The SMILES string of the molecule is CCCC[N+](CCCC)(CCCC)CCCC.FC1[CH-]C(F)C(F)C(F)(Cl)C1F.Fc1[c-]c(F)c(F)c(F)c1F.Fc1[c-]c(F)c(F)c(F)c1F.Fc1[c-]c(F)c(F)c(F)c1F.Fc1[c-]c(F)c(F)c(F)c1F.Fc1[c-]c(F)c(F)c(F)c1F.[Pt].[Pt]. The van der Waals surface area contributed by atoms with E-state index in [-0.39, 0.29) is 48.6 Å². The van der Waals surface area contributed by atoms with Gasteiger partial charge in [-0.15, -0.1) is 30.3 Å². The van der Waals surface area contributed by atoms with E-state index >= 15 is 0 Å². The van der Waals surface area contributed by atoms with Crippen LogP contribution in [0.5, 0.6) is 0 Å². The smallest absolute Gasteiger partial charge is 0.245 e.